The minimum atomic E-state index is -0.358. The molecule has 0 fully saturated rings. The number of ether oxygens (including phenoxy) is 2. The Balaban J connectivity index is 2.10. The lowest BCUT2D eigenvalue weighted by Gasteiger charge is -2.15. The van der Waals surface area contributed by atoms with Crippen LogP contribution in [0.25, 0.3) is 0 Å². The van der Waals surface area contributed by atoms with Gasteiger partial charge in [-0.2, -0.15) is 5.10 Å². The maximum absolute atomic E-state index is 13.8. The van der Waals surface area contributed by atoms with Crippen LogP contribution in [-0.4, -0.2) is 24.0 Å². The van der Waals surface area contributed by atoms with Gasteiger partial charge in [-0.1, -0.05) is 6.07 Å². The molecule has 0 aliphatic carbocycles. The molecule has 2 rings (SSSR count). The molecule has 0 spiro atoms. The summed E-state index contributed by atoms with van der Waals surface area (Å²) in [5.41, 5.74) is 2.78. The van der Waals surface area contributed by atoms with Crippen LogP contribution in [0.4, 0.5) is 4.39 Å². The summed E-state index contributed by atoms with van der Waals surface area (Å²) < 4.78 is 25.8. The molecule has 0 aliphatic heterocycles. The van der Waals surface area contributed by atoms with E-state index in [0.29, 0.717) is 6.54 Å². The summed E-state index contributed by atoms with van der Waals surface area (Å²) in [6.07, 6.45) is 0. The van der Waals surface area contributed by atoms with Crippen molar-refractivity contribution in [3.8, 4) is 11.6 Å². The zero-order chi connectivity index (χ0) is 16.3. The van der Waals surface area contributed by atoms with E-state index in [0.717, 1.165) is 22.7 Å². The van der Waals surface area contributed by atoms with Crippen LogP contribution in [0.5, 0.6) is 11.6 Å². The predicted molar refractivity (Wildman–Crippen MR) is 82.7 cm³/mol. The zero-order valence-corrected chi connectivity index (χ0v) is 13.6. The van der Waals surface area contributed by atoms with Crippen molar-refractivity contribution in [1.29, 1.82) is 0 Å². The average Bonchev–Trinajstić information content (AvgIpc) is 2.77. The van der Waals surface area contributed by atoms with Crippen LogP contribution in [0.1, 0.15) is 29.8 Å². The third-order valence-electron chi connectivity index (χ3n) is 3.74. The third-order valence-corrected chi connectivity index (χ3v) is 3.74. The number of rotatable bonds is 6. The second-order valence-corrected chi connectivity index (χ2v) is 5.19. The molecular weight excluding hydrogens is 285 g/mol. The van der Waals surface area contributed by atoms with Crippen molar-refractivity contribution in [2.45, 2.75) is 26.4 Å². The van der Waals surface area contributed by atoms with E-state index >= 15 is 0 Å². The quantitative estimate of drug-likeness (QED) is 0.891. The Morgan fingerprint density at radius 2 is 2.05 bits per heavy atom. The maximum Gasteiger partial charge on any atom is 0.216 e. The van der Waals surface area contributed by atoms with E-state index in [1.807, 2.05) is 27.0 Å². The van der Waals surface area contributed by atoms with Crippen molar-refractivity contribution < 1.29 is 13.9 Å². The molecule has 0 bridgehead atoms. The lowest BCUT2D eigenvalue weighted by molar-refractivity contribution is 0.367. The smallest absolute Gasteiger partial charge is 0.216 e. The summed E-state index contributed by atoms with van der Waals surface area (Å²) in [6.45, 7) is 4.52. The molecule has 0 aliphatic rings. The van der Waals surface area contributed by atoms with Gasteiger partial charge in [-0.3, -0.25) is 0 Å². The molecule has 6 heteroatoms. The number of aryl methyl sites for hydroxylation is 2. The first-order chi connectivity index (χ1) is 10.5. The first-order valence-corrected chi connectivity index (χ1v) is 7.11. The van der Waals surface area contributed by atoms with Crippen LogP contribution >= 0.6 is 0 Å². The van der Waals surface area contributed by atoms with Crippen molar-refractivity contribution in [3.05, 3.63) is 40.8 Å². The van der Waals surface area contributed by atoms with Gasteiger partial charge in [-0.25, -0.2) is 9.07 Å². The van der Waals surface area contributed by atoms with E-state index in [-0.39, 0.29) is 17.6 Å². The van der Waals surface area contributed by atoms with Gasteiger partial charge < -0.3 is 14.8 Å². The highest BCUT2D eigenvalue weighted by molar-refractivity contribution is 5.32. The molecule has 1 heterocycles. The normalized spacial score (nSPS) is 12.3. The molecule has 1 aromatic heterocycles. The molecule has 1 aromatic carbocycles. The van der Waals surface area contributed by atoms with Crippen LogP contribution < -0.4 is 14.8 Å². The molecule has 120 valence electrons. The fourth-order valence-corrected chi connectivity index (χ4v) is 2.46. The number of methoxy groups -OCH3 is 2. The van der Waals surface area contributed by atoms with Crippen LogP contribution in [0.3, 0.4) is 0 Å². The van der Waals surface area contributed by atoms with Crippen LogP contribution in [-0.2, 0) is 13.6 Å². The number of hydrogen-bond acceptors (Lipinski definition) is 4. The summed E-state index contributed by atoms with van der Waals surface area (Å²) in [6, 6.07) is 4.97. The Kier molecular flexibility index (Phi) is 5.03. The van der Waals surface area contributed by atoms with Gasteiger partial charge in [-0.15, -0.1) is 0 Å². The van der Waals surface area contributed by atoms with Crippen LogP contribution in [0.2, 0.25) is 0 Å². The summed E-state index contributed by atoms with van der Waals surface area (Å²) >= 11 is 0. The summed E-state index contributed by atoms with van der Waals surface area (Å²) in [4.78, 5) is 0. The highest BCUT2D eigenvalue weighted by Crippen LogP contribution is 2.24. The van der Waals surface area contributed by atoms with Gasteiger partial charge in [0.1, 0.15) is 0 Å². The number of nitrogens with zero attached hydrogens (tertiary/aromatic N) is 2. The number of hydrogen-bond donors (Lipinski definition) is 1. The van der Waals surface area contributed by atoms with Crippen LogP contribution in [0, 0.1) is 12.7 Å². The SMILES string of the molecule is COc1ccc([C@H](C)NCc2c(C)nn(C)c2OC)cc1F. The van der Waals surface area contributed by atoms with E-state index < -0.39 is 0 Å². The molecule has 5 nitrogen and oxygen atoms in total. The fourth-order valence-electron chi connectivity index (χ4n) is 2.46. The second-order valence-electron chi connectivity index (χ2n) is 5.19. The molecule has 0 amide bonds. The minimum absolute atomic E-state index is 0.00952. The van der Waals surface area contributed by atoms with Gasteiger partial charge in [0, 0.05) is 19.6 Å². The van der Waals surface area contributed by atoms with E-state index in [1.165, 1.54) is 13.2 Å². The Labute approximate surface area is 130 Å². The van der Waals surface area contributed by atoms with Gasteiger partial charge in [0.15, 0.2) is 11.6 Å². The molecule has 0 saturated carbocycles. The summed E-state index contributed by atoms with van der Waals surface area (Å²) in [5, 5.41) is 7.71. The number of benzene rings is 1. The average molecular weight is 307 g/mol. The van der Waals surface area contributed by atoms with Crippen molar-refractivity contribution in [2.75, 3.05) is 14.2 Å². The lowest BCUT2D eigenvalue weighted by atomic mass is 10.1. The number of aromatic nitrogens is 2. The monoisotopic (exact) mass is 307 g/mol. The zero-order valence-electron chi connectivity index (χ0n) is 13.6. The molecule has 1 atom stereocenters. The van der Waals surface area contributed by atoms with Gasteiger partial charge >= 0.3 is 0 Å². The Hall–Kier alpha value is -2.08. The largest absolute Gasteiger partial charge is 0.494 e. The minimum Gasteiger partial charge on any atom is -0.494 e. The molecule has 1 N–H and O–H groups in total. The fraction of sp³-hybridized carbons (Fsp3) is 0.438. The van der Waals surface area contributed by atoms with E-state index in [1.54, 1.807) is 17.9 Å². The molecule has 0 saturated heterocycles. The van der Waals surface area contributed by atoms with Crippen molar-refractivity contribution in [2.24, 2.45) is 7.05 Å². The molecule has 2 aromatic rings. The van der Waals surface area contributed by atoms with E-state index in [9.17, 15) is 4.39 Å². The van der Waals surface area contributed by atoms with Crippen molar-refractivity contribution >= 4 is 0 Å². The van der Waals surface area contributed by atoms with E-state index in [2.05, 4.69) is 10.4 Å². The summed E-state index contributed by atoms with van der Waals surface area (Å²) in [7, 11) is 4.93. The van der Waals surface area contributed by atoms with Crippen molar-refractivity contribution in [3.63, 3.8) is 0 Å². The maximum atomic E-state index is 13.8. The Morgan fingerprint density at radius 3 is 2.64 bits per heavy atom. The first kappa shape index (κ1) is 16.3. The molecule has 0 radical (unpaired) electrons. The third kappa shape index (κ3) is 3.22. The number of halogens is 1. The lowest BCUT2D eigenvalue weighted by Crippen LogP contribution is -2.19. The highest BCUT2D eigenvalue weighted by atomic mass is 19.1. The van der Waals surface area contributed by atoms with Gasteiger partial charge in [0.25, 0.3) is 0 Å². The second kappa shape index (κ2) is 6.79. The van der Waals surface area contributed by atoms with Gasteiger partial charge in [-0.05, 0) is 31.5 Å². The Morgan fingerprint density at radius 1 is 1.32 bits per heavy atom. The van der Waals surface area contributed by atoms with Crippen molar-refractivity contribution in [1.82, 2.24) is 15.1 Å². The standard InChI is InChI=1S/C16H22FN3O2/c1-10(12-6-7-15(21-4)14(17)8-12)18-9-13-11(2)19-20(3)16(13)22-5/h6-8,10,18H,9H2,1-5H3/t10-/m0/s1. The number of nitrogens with one attached hydrogen (secondary N) is 1. The van der Waals surface area contributed by atoms with E-state index in [4.69, 9.17) is 9.47 Å². The predicted octanol–water partition coefficient (Wildman–Crippen LogP) is 2.74. The highest BCUT2D eigenvalue weighted by Gasteiger charge is 2.15. The molecular formula is C16H22FN3O2. The van der Waals surface area contributed by atoms with Gasteiger partial charge in [0.2, 0.25) is 5.88 Å². The summed E-state index contributed by atoms with van der Waals surface area (Å²) in [5.74, 6) is 0.627. The first-order valence-electron chi connectivity index (χ1n) is 7.11. The van der Waals surface area contributed by atoms with Crippen LogP contribution in [0.15, 0.2) is 18.2 Å². The molecule has 22 heavy (non-hydrogen) atoms. The topological polar surface area (TPSA) is 48.3 Å². The molecule has 0 unspecified atom stereocenters. The van der Waals surface area contributed by atoms with Gasteiger partial charge in [0.05, 0.1) is 25.5 Å². The Bertz CT molecular complexity index is 655.